The molecule has 0 aliphatic carbocycles. The number of nitrogens with one attached hydrogen (secondary N) is 1. The second-order valence-corrected chi connectivity index (χ2v) is 2.02. The summed E-state index contributed by atoms with van der Waals surface area (Å²) in [7, 11) is 0. The number of aromatic amines is 1. The lowest BCUT2D eigenvalue weighted by Gasteiger charge is -1.98. The van der Waals surface area contributed by atoms with E-state index in [-0.39, 0.29) is 6.04 Å². The van der Waals surface area contributed by atoms with E-state index in [0.717, 1.165) is 12.1 Å². The number of hydrogen-bond acceptors (Lipinski definition) is 2. The highest BCUT2D eigenvalue weighted by molar-refractivity contribution is 4.97. The van der Waals surface area contributed by atoms with Gasteiger partial charge in [0, 0.05) is 18.7 Å². The topological polar surface area (TPSA) is 54.7 Å². The molecule has 3 nitrogen and oxygen atoms in total. The fraction of sp³-hybridized carbons (Fsp3) is 0.333. The summed E-state index contributed by atoms with van der Waals surface area (Å²) in [6.45, 7) is 3.64. The monoisotopic (exact) mass is 124 g/mol. The van der Waals surface area contributed by atoms with Crippen LogP contribution in [0.1, 0.15) is 5.69 Å². The van der Waals surface area contributed by atoms with Gasteiger partial charge in [0.2, 0.25) is 0 Å². The second kappa shape index (κ2) is 2.64. The molecule has 3 N–H and O–H groups in total. The fourth-order valence-electron chi connectivity index (χ4n) is 0.671. The first-order valence-corrected chi connectivity index (χ1v) is 2.85. The summed E-state index contributed by atoms with van der Waals surface area (Å²) in [6, 6.07) is -0.0479. The zero-order chi connectivity index (χ0) is 6.69. The highest BCUT2D eigenvalue weighted by Crippen LogP contribution is 1.93. The highest BCUT2D eigenvalue weighted by Gasteiger charge is 1.97. The average molecular weight is 124 g/mol. The van der Waals surface area contributed by atoms with Crippen LogP contribution in [0.25, 0.3) is 0 Å². The van der Waals surface area contributed by atoms with Crippen molar-refractivity contribution < 1.29 is 0 Å². The van der Waals surface area contributed by atoms with Gasteiger partial charge in [-0.3, -0.25) is 0 Å². The highest BCUT2D eigenvalue weighted by atomic mass is 14.9. The van der Waals surface area contributed by atoms with Crippen LogP contribution in [0.15, 0.2) is 12.5 Å². The molecule has 0 aliphatic heterocycles. The summed E-state index contributed by atoms with van der Waals surface area (Å²) < 4.78 is 0. The number of aromatic nitrogens is 2. The van der Waals surface area contributed by atoms with Gasteiger partial charge < -0.3 is 10.7 Å². The number of hydrogen-bond donors (Lipinski definition) is 2. The van der Waals surface area contributed by atoms with Gasteiger partial charge in [-0.1, -0.05) is 0 Å². The molecule has 1 aromatic heterocycles. The molecule has 0 aliphatic rings. The van der Waals surface area contributed by atoms with Crippen molar-refractivity contribution in [1.82, 2.24) is 9.97 Å². The Labute approximate surface area is 54.3 Å². The van der Waals surface area contributed by atoms with Crippen LogP contribution in [0.3, 0.4) is 0 Å². The van der Waals surface area contributed by atoms with Crippen LogP contribution >= 0.6 is 0 Å². The second-order valence-electron chi connectivity index (χ2n) is 2.02. The van der Waals surface area contributed by atoms with E-state index in [1.54, 1.807) is 6.33 Å². The van der Waals surface area contributed by atoms with Gasteiger partial charge in [-0.15, -0.1) is 0 Å². The van der Waals surface area contributed by atoms with Gasteiger partial charge in [-0.05, 0) is 6.92 Å². The third-order valence-electron chi connectivity index (χ3n) is 1.03. The molecule has 3 heteroatoms. The maximum atomic E-state index is 5.42. The zero-order valence-electron chi connectivity index (χ0n) is 5.17. The van der Waals surface area contributed by atoms with E-state index < -0.39 is 0 Å². The smallest absolute Gasteiger partial charge is 0.0923 e. The molecule has 0 fully saturated rings. The molecule has 9 heavy (non-hydrogen) atoms. The zero-order valence-corrected chi connectivity index (χ0v) is 5.17. The molecular weight excluding hydrogens is 114 g/mol. The molecule has 1 rings (SSSR count). The van der Waals surface area contributed by atoms with Crippen LogP contribution in [-0.2, 0) is 6.42 Å². The fourth-order valence-corrected chi connectivity index (χ4v) is 0.671. The lowest BCUT2D eigenvalue weighted by atomic mass is 10.2. The Bertz CT molecular complexity index is 155. The Morgan fingerprint density at radius 3 is 3.11 bits per heavy atom. The number of imidazole rings is 1. The number of rotatable bonds is 2. The summed E-state index contributed by atoms with van der Waals surface area (Å²) in [6.07, 6.45) is 4.20. The molecule has 0 amide bonds. The number of H-pyrrole nitrogens is 1. The van der Waals surface area contributed by atoms with Crippen molar-refractivity contribution in [2.75, 3.05) is 0 Å². The van der Waals surface area contributed by atoms with Crippen LogP contribution in [0.2, 0.25) is 0 Å². The molecule has 0 bridgehead atoms. The van der Waals surface area contributed by atoms with Crippen LogP contribution < -0.4 is 5.73 Å². The van der Waals surface area contributed by atoms with E-state index in [9.17, 15) is 0 Å². The lowest BCUT2D eigenvalue weighted by molar-refractivity contribution is 0.789. The SMILES string of the molecule is [CH2]C(N)Cc1c[nH]cn1. The maximum Gasteiger partial charge on any atom is 0.0923 e. The number of nitrogens with zero attached hydrogens (tertiary/aromatic N) is 1. The number of nitrogens with two attached hydrogens (primary N) is 1. The van der Waals surface area contributed by atoms with Crippen LogP contribution in [0.5, 0.6) is 0 Å². The molecule has 0 saturated heterocycles. The van der Waals surface area contributed by atoms with E-state index in [1.165, 1.54) is 0 Å². The van der Waals surface area contributed by atoms with E-state index in [2.05, 4.69) is 16.9 Å². The quantitative estimate of drug-likeness (QED) is 0.588. The van der Waals surface area contributed by atoms with E-state index in [4.69, 9.17) is 5.73 Å². The van der Waals surface area contributed by atoms with Crippen LogP contribution in [-0.4, -0.2) is 16.0 Å². The van der Waals surface area contributed by atoms with E-state index in [1.807, 2.05) is 6.20 Å². The Morgan fingerprint density at radius 1 is 1.89 bits per heavy atom. The molecule has 1 heterocycles. The van der Waals surface area contributed by atoms with Gasteiger partial charge in [0.05, 0.1) is 12.0 Å². The third kappa shape index (κ3) is 1.85. The van der Waals surface area contributed by atoms with Crippen LogP contribution in [0.4, 0.5) is 0 Å². The molecule has 0 saturated carbocycles. The summed E-state index contributed by atoms with van der Waals surface area (Å²) in [5.74, 6) is 0. The van der Waals surface area contributed by atoms with Crippen molar-refractivity contribution >= 4 is 0 Å². The van der Waals surface area contributed by atoms with E-state index >= 15 is 0 Å². The van der Waals surface area contributed by atoms with Crippen molar-refractivity contribution in [2.24, 2.45) is 5.73 Å². The maximum absolute atomic E-state index is 5.42. The van der Waals surface area contributed by atoms with Crippen LogP contribution in [0, 0.1) is 6.92 Å². The molecular formula is C6H10N3. The first-order valence-electron chi connectivity index (χ1n) is 2.85. The minimum Gasteiger partial charge on any atom is -0.351 e. The van der Waals surface area contributed by atoms with Crippen molar-refractivity contribution in [3.05, 3.63) is 25.1 Å². The minimum atomic E-state index is -0.0479. The minimum absolute atomic E-state index is 0.0479. The van der Waals surface area contributed by atoms with Crippen molar-refractivity contribution in [1.29, 1.82) is 0 Å². The molecule has 49 valence electrons. The van der Waals surface area contributed by atoms with E-state index in [0.29, 0.717) is 0 Å². The van der Waals surface area contributed by atoms with Crippen molar-refractivity contribution in [2.45, 2.75) is 12.5 Å². The lowest BCUT2D eigenvalue weighted by Crippen LogP contribution is -2.18. The summed E-state index contributed by atoms with van der Waals surface area (Å²) >= 11 is 0. The average Bonchev–Trinajstić information content (AvgIpc) is 2.15. The molecule has 1 unspecified atom stereocenters. The van der Waals surface area contributed by atoms with Gasteiger partial charge in [0.15, 0.2) is 0 Å². The molecule has 1 atom stereocenters. The predicted octanol–water partition coefficient (Wildman–Crippen LogP) is 0.114. The predicted molar refractivity (Wildman–Crippen MR) is 35.6 cm³/mol. The first-order chi connectivity index (χ1) is 4.29. The summed E-state index contributed by atoms with van der Waals surface area (Å²) in [5.41, 5.74) is 6.39. The molecule has 1 aromatic rings. The van der Waals surface area contributed by atoms with Gasteiger partial charge in [0.1, 0.15) is 0 Å². The standard InChI is InChI=1S/C6H10N3/c1-5(7)2-6-3-8-4-9-6/h3-5H,1-2,7H2,(H,8,9). The Kier molecular flexibility index (Phi) is 1.85. The largest absolute Gasteiger partial charge is 0.351 e. The van der Waals surface area contributed by atoms with Gasteiger partial charge in [-0.25, -0.2) is 4.98 Å². The molecule has 0 spiro atoms. The van der Waals surface area contributed by atoms with Gasteiger partial charge >= 0.3 is 0 Å². The Balaban J connectivity index is 2.48. The third-order valence-corrected chi connectivity index (χ3v) is 1.03. The Morgan fingerprint density at radius 2 is 2.67 bits per heavy atom. The normalized spacial score (nSPS) is 13.6. The molecule has 0 aromatic carbocycles. The van der Waals surface area contributed by atoms with Gasteiger partial charge in [-0.2, -0.15) is 0 Å². The van der Waals surface area contributed by atoms with Crippen molar-refractivity contribution in [3.63, 3.8) is 0 Å². The summed E-state index contributed by atoms with van der Waals surface area (Å²) in [5, 5.41) is 0. The molecule has 1 radical (unpaired) electrons. The summed E-state index contributed by atoms with van der Waals surface area (Å²) in [4.78, 5) is 6.82. The Hall–Kier alpha value is -0.830. The van der Waals surface area contributed by atoms with Crippen molar-refractivity contribution in [3.8, 4) is 0 Å². The van der Waals surface area contributed by atoms with Gasteiger partial charge in [0.25, 0.3) is 0 Å². The first kappa shape index (κ1) is 6.29.